The summed E-state index contributed by atoms with van der Waals surface area (Å²) in [7, 11) is 0. The predicted molar refractivity (Wildman–Crippen MR) is 135 cm³/mol. The van der Waals surface area contributed by atoms with E-state index in [0.717, 1.165) is 12.3 Å². The molecule has 2 aromatic rings. The summed E-state index contributed by atoms with van der Waals surface area (Å²) in [4.78, 5) is 14.0. The Balaban J connectivity index is 1.14. The number of phenolic OH excluding ortho intramolecular Hbond substituents is 1. The summed E-state index contributed by atoms with van der Waals surface area (Å²) in [6.45, 7) is 5.91. The molecule has 3 rings (SSSR count). The molecule has 0 radical (unpaired) electrons. The minimum absolute atomic E-state index is 0.00319. The highest BCUT2D eigenvalue weighted by Gasteiger charge is 2.18. The number of phenols is 1. The van der Waals surface area contributed by atoms with Crippen molar-refractivity contribution in [3.05, 3.63) is 59.7 Å². The van der Waals surface area contributed by atoms with E-state index in [1.54, 1.807) is 12.1 Å². The third-order valence-corrected chi connectivity index (χ3v) is 6.81. The van der Waals surface area contributed by atoms with E-state index >= 15 is 0 Å². The lowest BCUT2D eigenvalue weighted by Gasteiger charge is -2.32. The van der Waals surface area contributed by atoms with Gasteiger partial charge in [-0.15, -0.1) is 0 Å². The van der Waals surface area contributed by atoms with Gasteiger partial charge in [0.1, 0.15) is 11.5 Å². The van der Waals surface area contributed by atoms with Gasteiger partial charge in [0.15, 0.2) is 5.78 Å². The Morgan fingerprint density at radius 3 is 2.27 bits per heavy atom. The lowest BCUT2D eigenvalue weighted by atomic mass is 9.90. The fraction of sp³-hybridized carbons (Fsp3) is 0.552. The van der Waals surface area contributed by atoms with Gasteiger partial charge in [0.05, 0.1) is 12.2 Å². The maximum atomic E-state index is 11.3. The SMILES string of the molecule is CC(=O)c1ccc(OCCCCCCCCCN2CCC(Cc3ccccc3)CC2)cc1O. The van der Waals surface area contributed by atoms with Gasteiger partial charge in [0.25, 0.3) is 0 Å². The fourth-order valence-corrected chi connectivity index (χ4v) is 4.77. The van der Waals surface area contributed by atoms with Crippen LogP contribution in [0, 0.1) is 5.92 Å². The topological polar surface area (TPSA) is 49.8 Å². The van der Waals surface area contributed by atoms with Gasteiger partial charge in [0.2, 0.25) is 0 Å². The third kappa shape index (κ3) is 9.21. The van der Waals surface area contributed by atoms with Crippen LogP contribution < -0.4 is 4.74 Å². The molecule has 0 amide bonds. The van der Waals surface area contributed by atoms with Crippen LogP contribution in [0.4, 0.5) is 0 Å². The van der Waals surface area contributed by atoms with Gasteiger partial charge in [0, 0.05) is 6.07 Å². The van der Waals surface area contributed by atoms with Crippen LogP contribution in [-0.4, -0.2) is 42.0 Å². The van der Waals surface area contributed by atoms with Crippen LogP contribution in [0.25, 0.3) is 0 Å². The molecule has 4 nitrogen and oxygen atoms in total. The van der Waals surface area contributed by atoms with Crippen molar-refractivity contribution in [2.45, 2.75) is 71.1 Å². The van der Waals surface area contributed by atoms with Gasteiger partial charge in [-0.05, 0) is 82.3 Å². The molecule has 4 heteroatoms. The second-order valence-electron chi connectivity index (χ2n) is 9.53. The van der Waals surface area contributed by atoms with Crippen molar-refractivity contribution in [3.63, 3.8) is 0 Å². The number of likely N-dealkylation sites (tertiary alicyclic amines) is 1. The summed E-state index contributed by atoms with van der Waals surface area (Å²) >= 11 is 0. The fourth-order valence-electron chi connectivity index (χ4n) is 4.77. The first-order valence-electron chi connectivity index (χ1n) is 12.8. The molecular weight excluding hydrogens is 410 g/mol. The van der Waals surface area contributed by atoms with Gasteiger partial charge < -0.3 is 14.7 Å². The molecule has 0 aromatic heterocycles. The van der Waals surface area contributed by atoms with Gasteiger partial charge in [-0.1, -0.05) is 62.4 Å². The van der Waals surface area contributed by atoms with Gasteiger partial charge >= 0.3 is 0 Å². The molecule has 0 spiro atoms. The highest BCUT2D eigenvalue weighted by molar-refractivity contribution is 5.96. The van der Waals surface area contributed by atoms with Crippen LogP contribution in [0.5, 0.6) is 11.5 Å². The van der Waals surface area contributed by atoms with E-state index in [1.807, 2.05) is 0 Å². The zero-order valence-corrected chi connectivity index (χ0v) is 20.3. The molecule has 1 saturated heterocycles. The maximum Gasteiger partial charge on any atom is 0.163 e. The second-order valence-corrected chi connectivity index (χ2v) is 9.53. The van der Waals surface area contributed by atoms with E-state index in [1.165, 1.54) is 96.0 Å². The van der Waals surface area contributed by atoms with Gasteiger partial charge in [-0.3, -0.25) is 4.79 Å². The predicted octanol–water partition coefficient (Wildman–Crippen LogP) is 6.66. The van der Waals surface area contributed by atoms with E-state index in [-0.39, 0.29) is 11.5 Å². The van der Waals surface area contributed by atoms with Crippen LogP contribution in [0.3, 0.4) is 0 Å². The minimum atomic E-state index is -0.137. The molecule has 1 N–H and O–H groups in total. The molecule has 2 aromatic carbocycles. The summed E-state index contributed by atoms with van der Waals surface area (Å²) < 4.78 is 5.70. The Morgan fingerprint density at radius 1 is 0.939 bits per heavy atom. The molecule has 1 aliphatic heterocycles. The van der Waals surface area contributed by atoms with Crippen LogP contribution in [-0.2, 0) is 6.42 Å². The Labute approximate surface area is 200 Å². The number of hydrogen-bond donors (Lipinski definition) is 1. The molecule has 0 bridgehead atoms. The zero-order valence-electron chi connectivity index (χ0n) is 20.3. The number of piperidine rings is 1. The summed E-state index contributed by atoms with van der Waals surface area (Å²) in [5.74, 6) is 1.35. The number of Topliss-reactive ketones (excluding diaryl/α,β-unsaturated/α-hetero) is 1. The second kappa shape index (κ2) is 14.0. The maximum absolute atomic E-state index is 11.3. The van der Waals surface area contributed by atoms with E-state index in [0.29, 0.717) is 17.9 Å². The number of benzene rings is 2. The molecular formula is C29H41NO3. The van der Waals surface area contributed by atoms with Crippen molar-refractivity contribution in [1.82, 2.24) is 4.90 Å². The summed E-state index contributed by atoms with van der Waals surface area (Å²) in [5, 5.41) is 9.85. The highest BCUT2D eigenvalue weighted by atomic mass is 16.5. The Morgan fingerprint density at radius 2 is 1.61 bits per heavy atom. The summed E-state index contributed by atoms with van der Waals surface area (Å²) in [6.07, 6.45) is 12.7. The number of ketones is 1. The van der Waals surface area contributed by atoms with Crippen LogP contribution >= 0.6 is 0 Å². The Kier molecular flexibility index (Phi) is 10.8. The Bertz CT molecular complexity index is 828. The number of aromatic hydroxyl groups is 1. The zero-order chi connectivity index (χ0) is 23.3. The van der Waals surface area contributed by atoms with E-state index in [2.05, 4.69) is 35.2 Å². The summed E-state index contributed by atoms with van der Waals surface area (Å²) in [6, 6.07) is 15.8. The number of nitrogens with zero attached hydrogens (tertiary/aromatic N) is 1. The van der Waals surface area contributed by atoms with Crippen molar-refractivity contribution in [2.75, 3.05) is 26.2 Å². The first-order valence-corrected chi connectivity index (χ1v) is 12.8. The van der Waals surface area contributed by atoms with Gasteiger partial charge in [-0.25, -0.2) is 0 Å². The lowest BCUT2D eigenvalue weighted by molar-refractivity contribution is 0.101. The number of rotatable bonds is 14. The molecule has 0 aliphatic carbocycles. The first kappa shape index (κ1) is 25.3. The van der Waals surface area contributed by atoms with E-state index in [4.69, 9.17) is 4.74 Å². The van der Waals surface area contributed by atoms with Crippen molar-refractivity contribution in [2.24, 2.45) is 5.92 Å². The minimum Gasteiger partial charge on any atom is -0.507 e. The number of carbonyl (C=O) groups excluding carboxylic acids is 1. The van der Waals surface area contributed by atoms with Crippen molar-refractivity contribution >= 4 is 5.78 Å². The molecule has 33 heavy (non-hydrogen) atoms. The Hall–Kier alpha value is -2.33. The van der Waals surface area contributed by atoms with Crippen LogP contribution in [0.1, 0.15) is 80.6 Å². The van der Waals surface area contributed by atoms with Crippen molar-refractivity contribution in [3.8, 4) is 11.5 Å². The van der Waals surface area contributed by atoms with Crippen molar-refractivity contribution < 1.29 is 14.6 Å². The molecule has 0 saturated carbocycles. The molecule has 180 valence electrons. The number of carbonyl (C=O) groups is 1. The first-order chi connectivity index (χ1) is 16.1. The molecule has 1 heterocycles. The lowest BCUT2D eigenvalue weighted by Crippen LogP contribution is -2.35. The third-order valence-electron chi connectivity index (χ3n) is 6.81. The quantitative estimate of drug-likeness (QED) is 0.258. The average Bonchev–Trinajstić information content (AvgIpc) is 2.82. The van der Waals surface area contributed by atoms with Gasteiger partial charge in [-0.2, -0.15) is 0 Å². The van der Waals surface area contributed by atoms with Crippen LogP contribution in [0.15, 0.2) is 48.5 Å². The monoisotopic (exact) mass is 451 g/mol. The number of unbranched alkanes of at least 4 members (excludes halogenated alkanes) is 6. The van der Waals surface area contributed by atoms with Crippen molar-refractivity contribution in [1.29, 1.82) is 0 Å². The highest BCUT2D eigenvalue weighted by Crippen LogP contribution is 2.24. The molecule has 0 atom stereocenters. The number of hydrogen-bond acceptors (Lipinski definition) is 4. The van der Waals surface area contributed by atoms with E-state index < -0.39 is 0 Å². The standard InChI is InChI=1S/C29H41NO3/c1-24(31)28-15-14-27(23-29(28)32)33-21-11-6-4-2-3-5-10-18-30-19-16-26(17-20-30)22-25-12-8-7-9-13-25/h7-9,12-15,23,26,32H,2-6,10-11,16-22H2,1H3. The van der Waals surface area contributed by atoms with Crippen LogP contribution in [0.2, 0.25) is 0 Å². The van der Waals surface area contributed by atoms with E-state index in [9.17, 15) is 9.90 Å². The largest absolute Gasteiger partial charge is 0.507 e. The normalized spacial score (nSPS) is 14.9. The number of ether oxygens (including phenoxy) is 1. The smallest absolute Gasteiger partial charge is 0.163 e. The summed E-state index contributed by atoms with van der Waals surface area (Å²) in [5.41, 5.74) is 1.83. The molecule has 1 fully saturated rings. The molecule has 1 aliphatic rings. The molecule has 0 unspecified atom stereocenters. The average molecular weight is 452 g/mol.